The van der Waals surface area contributed by atoms with Crippen LogP contribution >= 0.6 is 15.9 Å². The largest absolute Gasteiger partial charge is 0.348 e. The zero-order valence-electron chi connectivity index (χ0n) is 14.1. The molecule has 1 atom stereocenters. The van der Waals surface area contributed by atoms with Gasteiger partial charge in [-0.3, -0.25) is 4.79 Å². The molecule has 3 aromatic rings. The number of imidazole rings is 1. The van der Waals surface area contributed by atoms with E-state index in [-0.39, 0.29) is 5.91 Å². The van der Waals surface area contributed by atoms with Crippen molar-refractivity contribution in [2.24, 2.45) is 5.92 Å². The highest BCUT2D eigenvalue weighted by Crippen LogP contribution is 2.25. The Morgan fingerprint density at radius 3 is 3.04 bits per heavy atom. The number of hydrogen-bond acceptors (Lipinski definition) is 2. The standard InChI is InChI=1S/C20H20BrN3O/c1-13-7-8-24-18-6-5-15(11-17(18)23-19(24)9-13)20(25)22-12-14-3-2-4-16(21)10-14/h2-6,10-11,13H,7-9,12H2,1H3,(H,22,25)/t13-/m0/s1. The number of aryl methyl sites for hydroxylation is 1. The van der Waals surface area contributed by atoms with Crippen LogP contribution in [0.25, 0.3) is 11.0 Å². The highest BCUT2D eigenvalue weighted by atomic mass is 79.9. The first-order valence-electron chi connectivity index (χ1n) is 8.62. The number of amides is 1. The van der Waals surface area contributed by atoms with Crippen molar-refractivity contribution >= 4 is 32.9 Å². The molecule has 1 aromatic heterocycles. The molecule has 4 nitrogen and oxygen atoms in total. The van der Waals surface area contributed by atoms with Gasteiger partial charge >= 0.3 is 0 Å². The van der Waals surface area contributed by atoms with Crippen LogP contribution in [0.2, 0.25) is 0 Å². The van der Waals surface area contributed by atoms with Crippen molar-refractivity contribution in [3.63, 3.8) is 0 Å². The Kier molecular flexibility index (Phi) is 4.34. The van der Waals surface area contributed by atoms with Crippen molar-refractivity contribution in [2.75, 3.05) is 0 Å². The van der Waals surface area contributed by atoms with Crippen LogP contribution in [-0.4, -0.2) is 15.5 Å². The van der Waals surface area contributed by atoms with Crippen LogP contribution in [0.4, 0.5) is 0 Å². The van der Waals surface area contributed by atoms with Crippen molar-refractivity contribution < 1.29 is 4.79 Å². The third-order valence-corrected chi connectivity index (χ3v) is 5.30. The molecule has 5 heteroatoms. The lowest BCUT2D eigenvalue weighted by molar-refractivity contribution is 0.0951. The second kappa shape index (κ2) is 6.64. The molecule has 2 heterocycles. The first-order valence-corrected chi connectivity index (χ1v) is 9.41. The minimum Gasteiger partial charge on any atom is -0.348 e. The van der Waals surface area contributed by atoms with Crippen LogP contribution in [0.5, 0.6) is 0 Å². The Balaban J connectivity index is 1.54. The van der Waals surface area contributed by atoms with Gasteiger partial charge in [0.15, 0.2) is 0 Å². The van der Waals surface area contributed by atoms with E-state index in [1.165, 1.54) is 6.42 Å². The van der Waals surface area contributed by atoms with Crippen LogP contribution in [0, 0.1) is 5.92 Å². The smallest absolute Gasteiger partial charge is 0.251 e. The summed E-state index contributed by atoms with van der Waals surface area (Å²) < 4.78 is 3.30. The number of carbonyl (C=O) groups excluding carboxylic acids is 1. The highest BCUT2D eigenvalue weighted by molar-refractivity contribution is 9.10. The number of fused-ring (bicyclic) bond motifs is 3. The topological polar surface area (TPSA) is 46.9 Å². The molecular formula is C20H20BrN3O. The van der Waals surface area contributed by atoms with Crippen LogP contribution < -0.4 is 5.32 Å². The number of aromatic nitrogens is 2. The lowest BCUT2D eigenvalue weighted by atomic mass is 10.0. The average Bonchev–Trinajstić information content (AvgIpc) is 2.96. The number of halogens is 1. The molecular weight excluding hydrogens is 378 g/mol. The van der Waals surface area contributed by atoms with Crippen molar-refractivity contribution in [1.29, 1.82) is 0 Å². The van der Waals surface area contributed by atoms with E-state index in [0.717, 1.165) is 39.9 Å². The van der Waals surface area contributed by atoms with E-state index in [0.29, 0.717) is 18.0 Å². The van der Waals surface area contributed by atoms with Crippen molar-refractivity contribution in [1.82, 2.24) is 14.9 Å². The molecule has 128 valence electrons. The van der Waals surface area contributed by atoms with E-state index in [1.54, 1.807) is 0 Å². The Morgan fingerprint density at radius 1 is 1.32 bits per heavy atom. The van der Waals surface area contributed by atoms with Gasteiger partial charge in [-0.2, -0.15) is 0 Å². The van der Waals surface area contributed by atoms with Crippen LogP contribution in [0.1, 0.15) is 35.1 Å². The molecule has 0 saturated carbocycles. The Labute approximate surface area is 155 Å². The summed E-state index contributed by atoms with van der Waals surface area (Å²) in [4.78, 5) is 17.2. The van der Waals surface area contributed by atoms with E-state index in [9.17, 15) is 4.79 Å². The van der Waals surface area contributed by atoms with Gasteiger partial charge in [-0.25, -0.2) is 4.98 Å². The summed E-state index contributed by atoms with van der Waals surface area (Å²) in [7, 11) is 0. The Hall–Kier alpha value is -2.14. The molecule has 0 bridgehead atoms. The zero-order valence-corrected chi connectivity index (χ0v) is 15.7. The van der Waals surface area contributed by atoms with Crippen molar-refractivity contribution in [2.45, 2.75) is 32.9 Å². The van der Waals surface area contributed by atoms with Crippen LogP contribution in [0.15, 0.2) is 46.9 Å². The molecule has 0 saturated heterocycles. The quantitative estimate of drug-likeness (QED) is 0.715. The van der Waals surface area contributed by atoms with E-state index >= 15 is 0 Å². The fraction of sp³-hybridized carbons (Fsp3) is 0.300. The normalized spacial score (nSPS) is 16.6. The molecule has 0 fully saturated rings. The lowest BCUT2D eigenvalue weighted by Gasteiger charge is -2.19. The summed E-state index contributed by atoms with van der Waals surface area (Å²) in [6.45, 7) is 3.79. The molecule has 0 spiro atoms. The molecule has 1 amide bonds. The Bertz CT molecular complexity index is 947. The van der Waals surface area contributed by atoms with Gasteiger partial charge in [-0.15, -0.1) is 0 Å². The fourth-order valence-electron chi connectivity index (χ4n) is 3.42. The summed E-state index contributed by atoms with van der Waals surface area (Å²) in [6, 6.07) is 13.8. The number of nitrogens with zero attached hydrogens (tertiary/aromatic N) is 2. The summed E-state index contributed by atoms with van der Waals surface area (Å²) >= 11 is 3.45. The van der Waals surface area contributed by atoms with Gasteiger partial charge in [0.25, 0.3) is 5.91 Å². The molecule has 4 rings (SSSR count). The summed E-state index contributed by atoms with van der Waals surface area (Å²) in [5.41, 5.74) is 3.77. The minimum atomic E-state index is -0.0683. The first-order chi connectivity index (χ1) is 12.1. The predicted molar refractivity (Wildman–Crippen MR) is 103 cm³/mol. The van der Waals surface area contributed by atoms with Crippen LogP contribution in [0.3, 0.4) is 0 Å². The number of hydrogen-bond donors (Lipinski definition) is 1. The average molecular weight is 398 g/mol. The SMILES string of the molecule is C[C@H]1CCn2c(nc3cc(C(=O)NCc4cccc(Br)c4)ccc32)C1. The van der Waals surface area contributed by atoms with Gasteiger partial charge in [0.05, 0.1) is 11.0 Å². The van der Waals surface area contributed by atoms with Gasteiger partial charge in [-0.05, 0) is 48.2 Å². The molecule has 0 unspecified atom stereocenters. The van der Waals surface area contributed by atoms with Crippen molar-refractivity contribution in [3.05, 3.63) is 63.9 Å². The van der Waals surface area contributed by atoms with Gasteiger partial charge < -0.3 is 9.88 Å². The summed E-state index contributed by atoms with van der Waals surface area (Å²) in [6.07, 6.45) is 2.20. The molecule has 2 aromatic carbocycles. The third-order valence-electron chi connectivity index (χ3n) is 4.81. The van der Waals surface area contributed by atoms with E-state index in [1.807, 2.05) is 42.5 Å². The van der Waals surface area contributed by atoms with Crippen LogP contribution in [-0.2, 0) is 19.5 Å². The van der Waals surface area contributed by atoms with E-state index in [4.69, 9.17) is 4.98 Å². The molecule has 1 N–H and O–H groups in total. The lowest BCUT2D eigenvalue weighted by Crippen LogP contribution is -2.22. The number of benzene rings is 2. The zero-order chi connectivity index (χ0) is 17.4. The second-order valence-electron chi connectivity index (χ2n) is 6.79. The van der Waals surface area contributed by atoms with E-state index < -0.39 is 0 Å². The highest BCUT2D eigenvalue weighted by Gasteiger charge is 2.19. The minimum absolute atomic E-state index is 0.0683. The van der Waals surface area contributed by atoms with Gasteiger partial charge in [0, 0.05) is 29.5 Å². The number of carbonyl (C=O) groups is 1. The maximum absolute atomic E-state index is 12.5. The third kappa shape index (κ3) is 3.33. The predicted octanol–water partition coefficient (Wildman–Crippen LogP) is 4.31. The molecule has 1 aliphatic heterocycles. The van der Waals surface area contributed by atoms with Crippen molar-refractivity contribution in [3.8, 4) is 0 Å². The maximum atomic E-state index is 12.5. The number of rotatable bonds is 3. The molecule has 25 heavy (non-hydrogen) atoms. The molecule has 0 aliphatic carbocycles. The van der Waals surface area contributed by atoms with E-state index in [2.05, 4.69) is 32.7 Å². The Morgan fingerprint density at radius 2 is 2.20 bits per heavy atom. The van der Waals surface area contributed by atoms with Gasteiger partial charge in [-0.1, -0.05) is 35.0 Å². The van der Waals surface area contributed by atoms with Gasteiger partial charge in [0.2, 0.25) is 0 Å². The summed E-state index contributed by atoms with van der Waals surface area (Å²) in [5, 5.41) is 2.98. The maximum Gasteiger partial charge on any atom is 0.251 e. The number of nitrogens with one attached hydrogen (secondary N) is 1. The monoisotopic (exact) mass is 397 g/mol. The fourth-order valence-corrected chi connectivity index (χ4v) is 3.87. The molecule has 0 radical (unpaired) electrons. The summed E-state index contributed by atoms with van der Waals surface area (Å²) in [5.74, 6) is 1.75. The molecule has 1 aliphatic rings. The first kappa shape index (κ1) is 16.3. The second-order valence-corrected chi connectivity index (χ2v) is 7.71. The van der Waals surface area contributed by atoms with Gasteiger partial charge in [0.1, 0.15) is 5.82 Å².